The number of nitrogens with one attached hydrogen (secondary N) is 1. The summed E-state index contributed by atoms with van der Waals surface area (Å²) < 4.78 is 41.8. The van der Waals surface area contributed by atoms with Crippen molar-refractivity contribution >= 4 is 32.6 Å². The minimum absolute atomic E-state index is 0.0776. The number of aromatic nitrogens is 1. The van der Waals surface area contributed by atoms with Crippen molar-refractivity contribution in [3.8, 4) is 11.8 Å². The molecule has 0 unspecified atom stereocenters. The molecule has 2 aromatic rings. The van der Waals surface area contributed by atoms with Crippen molar-refractivity contribution in [2.24, 2.45) is 5.41 Å². The van der Waals surface area contributed by atoms with Gasteiger partial charge in [-0.2, -0.15) is 18.4 Å². The molecule has 9 heteroatoms. The Balaban J connectivity index is 1.74. The Morgan fingerprint density at radius 2 is 2.21 bits per heavy atom. The molecule has 1 saturated carbocycles. The zero-order valence-corrected chi connectivity index (χ0v) is 13.1. The highest BCUT2D eigenvalue weighted by molar-refractivity contribution is 7.22. The van der Waals surface area contributed by atoms with Crippen molar-refractivity contribution < 1.29 is 22.7 Å². The number of halogens is 3. The monoisotopic (exact) mass is 355 g/mol. The first-order chi connectivity index (χ1) is 11.3. The summed E-state index contributed by atoms with van der Waals surface area (Å²) in [6.45, 7) is -1.37. The van der Waals surface area contributed by atoms with Crippen LogP contribution in [0, 0.1) is 16.7 Å². The van der Waals surface area contributed by atoms with Crippen molar-refractivity contribution in [1.82, 2.24) is 4.98 Å². The van der Waals surface area contributed by atoms with Crippen LogP contribution in [0.25, 0.3) is 10.2 Å². The van der Waals surface area contributed by atoms with Gasteiger partial charge in [0.05, 0.1) is 16.3 Å². The first-order valence-corrected chi connectivity index (χ1v) is 7.96. The number of carbonyl (C=O) groups excluding carboxylic acids is 1. The molecule has 3 rings (SSSR count). The first kappa shape index (κ1) is 16.5. The van der Waals surface area contributed by atoms with Crippen LogP contribution in [0.15, 0.2) is 18.2 Å². The summed E-state index contributed by atoms with van der Waals surface area (Å²) in [6.07, 6.45) is -2.53. The molecule has 0 radical (unpaired) electrons. The summed E-state index contributed by atoms with van der Waals surface area (Å²) in [4.78, 5) is 16.4. The third kappa shape index (κ3) is 3.28. The number of anilines is 1. The van der Waals surface area contributed by atoms with Gasteiger partial charge in [-0.3, -0.25) is 4.79 Å². The average molecular weight is 355 g/mol. The molecule has 1 amide bonds. The van der Waals surface area contributed by atoms with Gasteiger partial charge in [0.2, 0.25) is 5.91 Å². The fraction of sp³-hybridized carbons (Fsp3) is 0.400. The summed E-state index contributed by atoms with van der Waals surface area (Å²) in [5, 5.41) is 12.1. The van der Waals surface area contributed by atoms with E-state index >= 15 is 0 Å². The van der Waals surface area contributed by atoms with Crippen LogP contribution < -0.4 is 10.1 Å². The van der Waals surface area contributed by atoms with Crippen molar-refractivity contribution in [2.75, 3.05) is 11.9 Å². The molecule has 1 heterocycles. The fourth-order valence-electron chi connectivity index (χ4n) is 2.35. The molecule has 1 N–H and O–H groups in total. The van der Waals surface area contributed by atoms with E-state index in [9.17, 15) is 18.0 Å². The summed E-state index contributed by atoms with van der Waals surface area (Å²) in [7, 11) is 0. The van der Waals surface area contributed by atoms with E-state index in [0.29, 0.717) is 28.2 Å². The quantitative estimate of drug-likeness (QED) is 0.903. The molecular formula is C15H12F3N3O2S. The fourth-order valence-corrected chi connectivity index (χ4v) is 3.24. The minimum atomic E-state index is -4.41. The Labute approximate surface area is 139 Å². The van der Waals surface area contributed by atoms with E-state index in [-0.39, 0.29) is 11.7 Å². The summed E-state index contributed by atoms with van der Waals surface area (Å²) in [5.41, 5.74) is -0.451. The smallest absolute Gasteiger partial charge is 0.422 e. The number of thiazole rings is 1. The van der Waals surface area contributed by atoms with Crippen LogP contribution in [0.1, 0.15) is 19.3 Å². The Hall–Kier alpha value is -2.34. The Bertz CT molecular complexity index is 821. The molecule has 24 heavy (non-hydrogen) atoms. The maximum atomic E-state index is 12.2. The number of nitrogens with zero attached hydrogens (tertiary/aromatic N) is 2. The largest absolute Gasteiger partial charge is 0.484 e. The van der Waals surface area contributed by atoms with Crippen LogP contribution in [0.2, 0.25) is 0 Å². The third-order valence-corrected chi connectivity index (χ3v) is 4.77. The van der Waals surface area contributed by atoms with Gasteiger partial charge in [-0.25, -0.2) is 4.98 Å². The molecule has 0 saturated heterocycles. The number of fused-ring (bicyclic) bond motifs is 1. The van der Waals surface area contributed by atoms with Crippen molar-refractivity contribution in [3.05, 3.63) is 18.2 Å². The molecule has 126 valence electrons. The molecule has 5 nitrogen and oxygen atoms in total. The van der Waals surface area contributed by atoms with Crippen LogP contribution in [0.3, 0.4) is 0 Å². The lowest BCUT2D eigenvalue weighted by atomic mass is 9.69. The van der Waals surface area contributed by atoms with Crippen LogP contribution in [0.5, 0.6) is 5.75 Å². The van der Waals surface area contributed by atoms with Crippen LogP contribution >= 0.6 is 11.3 Å². The van der Waals surface area contributed by atoms with E-state index in [4.69, 9.17) is 10.00 Å². The summed E-state index contributed by atoms with van der Waals surface area (Å²) in [5.74, 6) is -0.308. The minimum Gasteiger partial charge on any atom is -0.484 e. The normalized spacial score (nSPS) is 16.2. The highest BCUT2D eigenvalue weighted by Crippen LogP contribution is 2.41. The average Bonchev–Trinajstić information content (AvgIpc) is 2.85. The van der Waals surface area contributed by atoms with Gasteiger partial charge in [0.15, 0.2) is 11.7 Å². The number of benzene rings is 1. The van der Waals surface area contributed by atoms with Gasteiger partial charge in [0, 0.05) is 0 Å². The second kappa shape index (κ2) is 5.94. The Morgan fingerprint density at radius 3 is 2.79 bits per heavy atom. The molecular weight excluding hydrogens is 343 g/mol. The van der Waals surface area contributed by atoms with Gasteiger partial charge in [-0.15, -0.1) is 0 Å². The SMILES string of the molecule is N#CC1(C(=O)Nc2nc3ccc(OCC(F)(F)F)cc3s2)CCC1. The molecule has 1 aliphatic rings. The highest BCUT2D eigenvalue weighted by atomic mass is 32.1. The Kier molecular flexibility index (Phi) is 4.09. The van der Waals surface area contributed by atoms with Crippen molar-refractivity contribution in [2.45, 2.75) is 25.4 Å². The lowest BCUT2D eigenvalue weighted by molar-refractivity contribution is -0.153. The summed E-state index contributed by atoms with van der Waals surface area (Å²) >= 11 is 1.12. The van der Waals surface area contributed by atoms with Gasteiger partial charge in [-0.05, 0) is 37.5 Å². The molecule has 1 aromatic carbocycles. The molecule has 0 spiro atoms. The number of rotatable bonds is 4. The van der Waals surface area contributed by atoms with Gasteiger partial charge in [0.25, 0.3) is 0 Å². The van der Waals surface area contributed by atoms with Gasteiger partial charge >= 0.3 is 6.18 Å². The molecule has 0 bridgehead atoms. The molecule has 1 aliphatic carbocycles. The lowest BCUT2D eigenvalue weighted by Gasteiger charge is -2.32. The second-order valence-corrected chi connectivity index (χ2v) is 6.58. The predicted octanol–water partition coefficient (Wildman–Crippen LogP) is 3.87. The molecule has 1 aromatic heterocycles. The maximum absolute atomic E-state index is 12.2. The van der Waals surface area contributed by atoms with E-state index in [1.54, 1.807) is 0 Å². The number of amides is 1. The highest BCUT2D eigenvalue weighted by Gasteiger charge is 2.44. The Morgan fingerprint density at radius 1 is 1.46 bits per heavy atom. The standard InChI is InChI=1S/C15H12F3N3O2S/c16-15(17,18)8-23-9-2-3-10-11(6-9)24-13(20-10)21-12(22)14(7-19)4-1-5-14/h2-3,6H,1,4-5,8H2,(H,20,21,22). The lowest BCUT2D eigenvalue weighted by Crippen LogP contribution is -2.40. The number of ether oxygens (including phenoxy) is 1. The number of hydrogen-bond acceptors (Lipinski definition) is 5. The van der Waals surface area contributed by atoms with E-state index in [1.807, 2.05) is 6.07 Å². The van der Waals surface area contributed by atoms with E-state index < -0.39 is 18.2 Å². The predicted molar refractivity (Wildman–Crippen MR) is 81.7 cm³/mol. The molecule has 0 atom stereocenters. The molecule has 0 aliphatic heterocycles. The number of alkyl halides is 3. The van der Waals surface area contributed by atoms with Crippen LogP contribution in [-0.2, 0) is 4.79 Å². The van der Waals surface area contributed by atoms with Gasteiger partial charge in [-0.1, -0.05) is 11.3 Å². The topological polar surface area (TPSA) is 75.0 Å². The zero-order chi connectivity index (χ0) is 17.4. The zero-order valence-electron chi connectivity index (χ0n) is 12.3. The van der Waals surface area contributed by atoms with E-state index in [1.165, 1.54) is 18.2 Å². The van der Waals surface area contributed by atoms with Gasteiger partial charge < -0.3 is 10.1 Å². The number of carbonyl (C=O) groups is 1. The number of hydrogen-bond donors (Lipinski definition) is 1. The first-order valence-electron chi connectivity index (χ1n) is 7.14. The van der Waals surface area contributed by atoms with E-state index in [2.05, 4.69) is 10.3 Å². The second-order valence-electron chi connectivity index (χ2n) is 5.55. The van der Waals surface area contributed by atoms with E-state index in [0.717, 1.165) is 17.8 Å². The number of nitriles is 1. The van der Waals surface area contributed by atoms with Crippen molar-refractivity contribution in [1.29, 1.82) is 5.26 Å². The van der Waals surface area contributed by atoms with Crippen LogP contribution in [0.4, 0.5) is 18.3 Å². The maximum Gasteiger partial charge on any atom is 0.422 e. The van der Waals surface area contributed by atoms with Gasteiger partial charge in [0.1, 0.15) is 11.2 Å². The van der Waals surface area contributed by atoms with Crippen LogP contribution in [-0.4, -0.2) is 23.7 Å². The van der Waals surface area contributed by atoms with Crippen molar-refractivity contribution in [3.63, 3.8) is 0 Å². The summed E-state index contributed by atoms with van der Waals surface area (Å²) in [6, 6.07) is 6.40. The third-order valence-electron chi connectivity index (χ3n) is 3.84. The molecule has 1 fully saturated rings.